The van der Waals surface area contributed by atoms with Crippen LogP contribution in [0.1, 0.15) is 86.6 Å². The van der Waals surface area contributed by atoms with Crippen molar-refractivity contribution < 1.29 is 52.8 Å². The number of rotatable bonds is 11. The number of fused-ring (bicyclic) bond motifs is 2. The number of carbonyl (C=O) groups excluding carboxylic acids is 4. The van der Waals surface area contributed by atoms with E-state index in [1.807, 2.05) is 77.0 Å². The summed E-state index contributed by atoms with van der Waals surface area (Å²) in [5.74, 6) is -4.89. The molecule has 2 N–H and O–H groups in total. The minimum absolute atomic E-state index is 0.226. The van der Waals surface area contributed by atoms with Crippen LogP contribution in [0.4, 0.5) is 4.79 Å². The molecule has 0 bridgehead atoms. The number of pyridine rings is 1. The molecule has 59 heavy (non-hydrogen) atoms. The first-order valence-corrected chi connectivity index (χ1v) is 21.0. The molecule has 3 aliphatic rings. The zero-order valence-corrected chi connectivity index (χ0v) is 36.2. The number of carbonyl (C=O) groups is 4. The Hall–Kier alpha value is -4.18. The summed E-state index contributed by atoms with van der Waals surface area (Å²) in [4.78, 5) is 65.8. The summed E-state index contributed by atoms with van der Waals surface area (Å²) in [6, 6.07) is 9.69. The number of ether oxygens (including phenoxy) is 5. The number of esters is 1. The van der Waals surface area contributed by atoms with Crippen LogP contribution in [-0.4, -0.2) is 120 Å². The summed E-state index contributed by atoms with van der Waals surface area (Å²) < 4.78 is 30.3. The number of hydrogen-bond acceptors (Lipinski definition) is 14. The smallest absolute Gasteiger partial charge is 0.457 e. The Bertz CT molecular complexity index is 1820. The Kier molecular flexibility index (Phi) is 15.5. The van der Waals surface area contributed by atoms with Gasteiger partial charge in [-0.3, -0.25) is 19.4 Å². The Morgan fingerprint density at radius 3 is 2.47 bits per heavy atom. The summed E-state index contributed by atoms with van der Waals surface area (Å²) in [5, 5.41) is 19.9. The molecule has 3 aliphatic heterocycles. The molecule has 1 aromatic heterocycles. The Labute approximate surface area is 347 Å². The van der Waals surface area contributed by atoms with Crippen LogP contribution in [0.5, 0.6) is 0 Å². The zero-order valence-electron chi connectivity index (χ0n) is 36.2. The number of Topliss-reactive ketones (excluding diaryl/α,β-unsaturated/α-hetero) is 1. The van der Waals surface area contributed by atoms with Gasteiger partial charge in [0.15, 0.2) is 30.4 Å². The molecule has 0 aliphatic carbocycles. The number of hydrogen-bond donors (Lipinski definition) is 2. The van der Waals surface area contributed by atoms with Crippen molar-refractivity contribution in [1.82, 2.24) is 15.2 Å². The van der Waals surface area contributed by atoms with Crippen LogP contribution in [0.15, 0.2) is 41.7 Å². The van der Waals surface area contributed by atoms with Gasteiger partial charge in [0.1, 0.15) is 18.1 Å². The van der Waals surface area contributed by atoms with E-state index in [2.05, 4.69) is 15.5 Å². The molecule has 13 atom stereocenters. The van der Waals surface area contributed by atoms with Crippen molar-refractivity contribution in [2.45, 2.75) is 136 Å². The van der Waals surface area contributed by atoms with E-state index in [0.29, 0.717) is 31.5 Å². The molecule has 1 aromatic carbocycles. The molecule has 3 saturated heterocycles. The monoisotopic (exact) mass is 824 g/mol. The SMILES string of the molecule is CCC1OC(=O)[C@H](C)C(=O)[C@H](C)[C@@H](OC2O[C@H](C)C[C@H](N(C)C)[C@H]2O)[C@H](C)C[C@@H](C)/C(=N\OCC(=O)NCCCc2ccnc3ccccc23)[C@@H](C)[C@H]2OC(=O)O[C@]12C. The summed E-state index contributed by atoms with van der Waals surface area (Å²) in [6.45, 7) is 14.3. The fourth-order valence-electron chi connectivity index (χ4n) is 9.09. The molecule has 0 spiro atoms. The number of aromatic nitrogens is 1. The third-order valence-corrected chi connectivity index (χ3v) is 12.4. The Balaban J connectivity index is 1.38. The highest BCUT2D eigenvalue weighted by atomic mass is 16.8. The molecule has 3 fully saturated rings. The fraction of sp³-hybridized carbons (Fsp3) is 0.682. The Morgan fingerprint density at radius 2 is 1.76 bits per heavy atom. The van der Waals surface area contributed by atoms with Crippen molar-refractivity contribution >= 4 is 40.4 Å². The van der Waals surface area contributed by atoms with E-state index in [0.717, 1.165) is 22.9 Å². The maximum atomic E-state index is 14.1. The van der Waals surface area contributed by atoms with Gasteiger partial charge in [-0.25, -0.2) is 4.79 Å². The standard InChI is InChI=1S/C44H64N4O11/c1-11-34-44(8)40(58-43(53)59-44)27(5)36(47-54-23-35(49)46-19-14-15-30-18-20-45-32-17-13-12-16-31(30)32)24(2)21-25(3)39(28(6)37(50)29(7)41(52)56-34)57-42-38(51)33(48(9)10)22-26(4)55-42/h12-13,16-18,20,24-29,33-34,38-40,42,51H,11,14-15,19,21-23H2,1-10H3,(H,46,49)/b47-36+/t24-,25-,26-,27-,28+,29-,33+,34?,38-,39+,40-,42?,44-/m1/s1. The molecule has 2 aromatic rings. The summed E-state index contributed by atoms with van der Waals surface area (Å²) in [5.41, 5.74) is 1.11. The average molecular weight is 825 g/mol. The number of nitrogens with zero attached hydrogens (tertiary/aromatic N) is 3. The quantitative estimate of drug-likeness (QED) is 0.130. The molecule has 5 rings (SSSR count). The van der Waals surface area contributed by atoms with Gasteiger partial charge in [-0.05, 0) is 96.5 Å². The van der Waals surface area contributed by atoms with Gasteiger partial charge in [0.05, 0.1) is 23.4 Å². The van der Waals surface area contributed by atoms with Crippen LogP contribution in [0.2, 0.25) is 0 Å². The van der Waals surface area contributed by atoms with Crippen LogP contribution in [-0.2, 0) is 49.3 Å². The zero-order chi connectivity index (χ0) is 43.2. The van der Waals surface area contributed by atoms with Gasteiger partial charge in [-0.1, -0.05) is 58.0 Å². The summed E-state index contributed by atoms with van der Waals surface area (Å²) in [7, 11) is 3.77. The number of aliphatic hydroxyl groups excluding tert-OH is 1. The summed E-state index contributed by atoms with van der Waals surface area (Å²) in [6.07, 6.45) is -1.46. The number of oxime groups is 1. The number of para-hydroxylation sites is 1. The highest BCUT2D eigenvalue weighted by molar-refractivity contribution is 6.00. The molecule has 15 nitrogen and oxygen atoms in total. The van der Waals surface area contributed by atoms with Crippen molar-refractivity contribution in [1.29, 1.82) is 0 Å². The second-order valence-corrected chi connectivity index (χ2v) is 17.1. The third-order valence-electron chi connectivity index (χ3n) is 12.4. The number of benzene rings is 1. The van der Waals surface area contributed by atoms with E-state index < -0.39 is 72.0 Å². The first-order valence-electron chi connectivity index (χ1n) is 21.0. The van der Waals surface area contributed by atoms with Gasteiger partial charge in [0, 0.05) is 36.0 Å². The maximum Gasteiger partial charge on any atom is 0.509 e. The first kappa shape index (κ1) is 45.9. The van der Waals surface area contributed by atoms with Crippen LogP contribution >= 0.6 is 0 Å². The van der Waals surface area contributed by atoms with Crippen LogP contribution in [0.3, 0.4) is 0 Å². The molecular formula is C44H64N4O11. The highest BCUT2D eigenvalue weighted by Gasteiger charge is 2.58. The van der Waals surface area contributed by atoms with Gasteiger partial charge in [-0.15, -0.1) is 0 Å². The number of cyclic esters (lactones) is 1. The predicted octanol–water partition coefficient (Wildman–Crippen LogP) is 5.24. The lowest BCUT2D eigenvalue weighted by atomic mass is 9.75. The fourth-order valence-corrected chi connectivity index (χ4v) is 9.09. The number of aliphatic hydroxyl groups is 1. The molecule has 0 radical (unpaired) electrons. The van der Waals surface area contributed by atoms with Gasteiger partial charge in [0.25, 0.3) is 5.91 Å². The van der Waals surface area contributed by atoms with E-state index in [9.17, 15) is 24.3 Å². The van der Waals surface area contributed by atoms with Gasteiger partial charge in [-0.2, -0.15) is 0 Å². The number of likely N-dealkylation sites (N-methyl/N-ethyl adjacent to an activating group) is 1. The minimum atomic E-state index is -1.44. The minimum Gasteiger partial charge on any atom is -0.457 e. The second-order valence-electron chi connectivity index (χ2n) is 17.1. The molecule has 2 unspecified atom stereocenters. The van der Waals surface area contributed by atoms with Crippen molar-refractivity contribution in [3.63, 3.8) is 0 Å². The van der Waals surface area contributed by atoms with E-state index in [-0.39, 0.29) is 42.9 Å². The van der Waals surface area contributed by atoms with E-state index in [1.54, 1.807) is 27.0 Å². The predicted molar refractivity (Wildman–Crippen MR) is 219 cm³/mol. The molecule has 1 amide bonds. The lowest BCUT2D eigenvalue weighted by molar-refractivity contribution is -0.278. The topological polar surface area (TPSA) is 184 Å². The van der Waals surface area contributed by atoms with Crippen LogP contribution in [0, 0.1) is 29.6 Å². The molecule has 15 heteroatoms. The molecule has 0 saturated carbocycles. The molecular weight excluding hydrogens is 761 g/mol. The summed E-state index contributed by atoms with van der Waals surface area (Å²) >= 11 is 0. The van der Waals surface area contributed by atoms with Crippen molar-refractivity contribution in [3.8, 4) is 0 Å². The number of aryl methyl sites for hydroxylation is 1. The number of ketones is 1. The van der Waals surface area contributed by atoms with Crippen molar-refractivity contribution in [3.05, 3.63) is 42.1 Å². The molecule has 4 heterocycles. The van der Waals surface area contributed by atoms with E-state index in [4.69, 9.17) is 28.5 Å². The lowest BCUT2D eigenvalue weighted by Crippen LogP contribution is -2.56. The highest BCUT2D eigenvalue weighted by Crippen LogP contribution is 2.41. The first-order chi connectivity index (χ1) is 28.0. The maximum absolute atomic E-state index is 14.1. The van der Waals surface area contributed by atoms with Gasteiger partial charge in [0.2, 0.25) is 0 Å². The number of nitrogens with one attached hydrogen (secondary N) is 1. The van der Waals surface area contributed by atoms with E-state index in [1.165, 1.54) is 6.92 Å². The Morgan fingerprint density at radius 1 is 1.03 bits per heavy atom. The van der Waals surface area contributed by atoms with Gasteiger partial charge >= 0.3 is 12.1 Å². The van der Waals surface area contributed by atoms with Crippen molar-refractivity contribution in [2.75, 3.05) is 27.2 Å². The average Bonchev–Trinajstić information content (AvgIpc) is 3.52. The van der Waals surface area contributed by atoms with Crippen LogP contribution < -0.4 is 5.32 Å². The lowest BCUT2D eigenvalue weighted by Gasteiger charge is -2.44. The van der Waals surface area contributed by atoms with Crippen molar-refractivity contribution in [2.24, 2.45) is 34.7 Å². The van der Waals surface area contributed by atoms with Gasteiger partial charge < -0.3 is 43.8 Å². The third kappa shape index (κ3) is 10.6. The normalized spacial score (nSPS) is 35.4. The second kappa shape index (κ2) is 19.9. The number of amides is 1. The largest absolute Gasteiger partial charge is 0.509 e. The molecule has 326 valence electrons. The van der Waals surface area contributed by atoms with Crippen LogP contribution in [0.25, 0.3) is 10.9 Å². The van der Waals surface area contributed by atoms with E-state index >= 15 is 0 Å².